The van der Waals surface area contributed by atoms with Crippen molar-refractivity contribution in [2.24, 2.45) is 0 Å². The molecule has 0 amide bonds. The average molecular weight is 374 g/mol. The maximum atomic E-state index is 13.3. The Kier molecular flexibility index (Phi) is 4.92. The van der Waals surface area contributed by atoms with Gasteiger partial charge in [0.1, 0.15) is 5.82 Å². The van der Waals surface area contributed by atoms with Crippen LogP contribution in [0.1, 0.15) is 11.1 Å². The maximum Gasteiger partial charge on any atom is 0.137 e. The molecular formula is C14H11Br2FO. The van der Waals surface area contributed by atoms with Crippen molar-refractivity contribution in [3.05, 3.63) is 68.4 Å². The third kappa shape index (κ3) is 3.64. The van der Waals surface area contributed by atoms with Crippen molar-refractivity contribution in [3.8, 4) is 0 Å². The van der Waals surface area contributed by atoms with Crippen LogP contribution in [0.3, 0.4) is 0 Å². The Bertz CT molecular complexity index is 543. The van der Waals surface area contributed by atoms with Crippen LogP contribution < -0.4 is 0 Å². The lowest BCUT2D eigenvalue weighted by Crippen LogP contribution is -1.96. The SMILES string of the molecule is Fc1cccc(COCc2cccc(Br)c2)c1Br. The summed E-state index contributed by atoms with van der Waals surface area (Å²) in [6, 6.07) is 12.9. The monoisotopic (exact) mass is 372 g/mol. The Balaban J connectivity index is 1.94. The van der Waals surface area contributed by atoms with Crippen LogP contribution >= 0.6 is 31.9 Å². The first-order valence-electron chi connectivity index (χ1n) is 5.42. The fourth-order valence-electron chi connectivity index (χ4n) is 1.57. The molecule has 0 unspecified atom stereocenters. The topological polar surface area (TPSA) is 9.23 Å². The predicted molar refractivity (Wildman–Crippen MR) is 76.7 cm³/mol. The zero-order chi connectivity index (χ0) is 13.0. The summed E-state index contributed by atoms with van der Waals surface area (Å²) >= 11 is 6.62. The minimum absolute atomic E-state index is 0.265. The summed E-state index contributed by atoms with van der Waals surface area (Å²) in [7, 11) is 0. The van der Waals surface area contributed by atoms with Crippen molar-refractivity contribution < 1.29 is 9.13 Å². The highest BCUT2D eigenvalue weighted by atomic mass is 79.9. The lowest BCUT2D eigenvalue weighted by atomic mass is 10.2. The van der Waals surface area contributed by atoms with E-state index in [1.807, 2.05) is 30.3 Å². The molecule has 0 spiro atoms. The maximum absolute atomic E-state index is 13.3. The number of rotatable bonds is 4. The highest BCUT2D eigenvalue weighted by molar-refractivity contribution is 9.10. The summed E-state index contributed by atoms with van der Waals surface area (Å²) in [6.45, 7) is 0.882. The average Bonchev–Trinajstić information content (AvgIpc) is 2.35. The Hall–Kier alpha value is -0.710. The minimum Gasteiger partial charge on any atom is -0.372 e. The van der Waals surface area contributed by atoms with Gasteiger partial charge >= 0.3 is 0 Å². The normalized spacial score (nSPS) is 10.6. The molecule has 1 nitrogen and oxygen atoms in total. The van der Waals surface area contributed by atoms with Crippen LogP contribution in [-0.2, 0) is 18.0 Å². The van der Waals surface area contributed by atoms with Crippen molar-refractivity contribution >= 4 is 31.9 Å². The highest BCUT2D eigenvalue weighted by Crippen LogP contribution is 2.21. The van der Waals surface area contributed by atoms with E-state index in [1.54, 1.807) is 6.07 Å². The quantitative estimate of drug-likeness (QED) is 0.727. The van der Waals surface area contributed by atoms with E-state index < -0.39 is 0 Å². The van der Waals surface area contributed by atoms with Crippen LogP contribution in [0.25, 0.3) is 0 Å². The van der Waals surface area contributed by atoms with Gasteiger partial charge in [0.25, 0.3) is 0 Å². The molecular weight excluding hydrogens is 363 g/mol. The lowest BCUT2D eigenvalue weighted by molar-refractivity contribution is 0.106. The molecule has 18 heavy (non-hydrogen) atoms. The number of hydrogen-bond acceptors (Lipinski definition) is 1. The summed E-state index contributed by atoms with van der Waals surface area (Å²) in [4.78, 5) is 0. The van der Waals surface area contributed by atoms with Crippen molar-refractivity contribution in [2.45, 2.75) is 13.2 Å². The Morgan fingerprint density at radius 1 is 1.00 bits per heavy atom. The molecule has 2 rings (SSSR count). The second kappa shape index (κ2) is 6.45. The van der Waals surface area contributed by atoms with Gasteiger partial charge < -0.3 is 4.74 Å². The largest absolute Gasteiger partial charge is 0.372 e. The summed E-state index contributed by atoms with van der Waals surface area (Å²) in [5.41, 5.74) is 1.89. The van der Waals surface area contributed by atoms with Crippen LogP contribution in [0.2, 0.25) is 0 Å². The summed E-state index contributed by atoms with van der Waals surface area (Å²) in [5, 5.41) is 0. The molecule has 0 radical (unpaired) electrons. The van der Waals surface area contributed by atoms with Crippen LogP contribution in [0, 0.1) is 5.82 Å². The molecule has 0 atom stereocenters. The molecule has 2 aromatic rings. The van der Waals surface area contributed by atoms with E-state index in [0.29, 0.717) is 17.7 Å². The van der Waals surface area contributed by atoms with E-state index in [-0.39, 0.29) is 5.82 Å². The summed E-state index contributed by atoms with van der Waals surface area (Å²) < 4.78 is 20.3. The molecule has 0 bridgehead atoms. The van der Waals surface area contributed by atoms with Crippen molar-refractivity contribution in [3.63, 3.8) is 0 Å². The zero-order valence-corrected chi connectivity index (χ0v) is 12.7. The molecule has 0 saturated heterocycles. The first kappa shape index (κ1) is 13.7. The number of ether oxygens (including phenoxy) is 1. The van der Waals surface area contributed by atoms with Crippen LogP contribution in [0.15, 0.2) is 51.4 Å². The van der Waals surface area contributed by atoms with Gasteiger partial charge in [-0.25, -0.2) is 4.39 Å². The fraction of sp³-hybridized carbons (Fsp3) is 0.143. The van der Waals surface area contributed by atoms with Crippen LogP contribution in [0.4, 0.5) is 4.39 Å². The van der Waals surface area contributed by atoms with Gasteiger partial charge in [0.15, 0.2) is 0 Å². The van der Waals surface area contributed by atoms with Crippen LogP contribution in [0.5, 0.6) is 0 Å². The van der Waals surface area contributed by atoms with Gasteiger partial charge in [-0.05, 0) is 45.3 Å². The molecule has 2 aromatic carbocycles. The Morgan fingerprint density at radius 3 is 2.56 bits per heavy atom. The molecule has 0 N–H and O–H groups in total. The minimum atomic E-state index is -0.265. The van der Waals surface area contributed by atoms with E-state index in [2.05, 4.69) is 31.9 Å². The molecule has 0 aliphatic heterocycles. The van der Waals surface area contributed by atoms with E-state index in [4.69, 9.17) is 4.74 Å². The van der Waals surface area contributed by atoms with Gasteiger partial charge in [0, 0.05) is 4.47 Å². The number of benzene rings is 2. The first-order valence-corrected chi connectivity index (χ1v) is 7.00. The zero-order valence-electron chi connectivity index (χ0n) is 9.50. The smallest absolute Gasteiger partial charge is 0.137 e. The molecule has 0 aromatic heterocycles. The molecule has 0 aliphatic carbocycles. The van der Waals surface area contributed by atoms with Gasteiger partial charge in [0.05, 0.1) is 17.7 Å². The van der Waals surface area contributed by atoms with E-state index >= 15 is 0 Å². The van der Waals surface area contributed by atoms with E-state index in [9.17, 15) is 4.39 Å². The van der Waals surface area contributed by atoms with Crippen LogP contribution in [-0.4, -0.2) is 0 Å². The summed E-state index contributed by atoms with van der Waals surface area (Å²) in [5.74, 6) is -0.265. The molecule has 94 valence electrons. The number of halogens is 3. The lowest BCUT2D eigenvalue weighted by Gasteiger charge is -2.07. The second-order valence-corrected chi connectivity index (χ2v) is 5.54. The van der Waals surface area contributed by atoms with E-state index in [0.717, 1.165) is 15.6 Å². The van der Waals surface area contributed by atoms with Gasteiger partial charge in [-0.2, -0.15) is 0 Å². The Labute approximate surface area is 122 Å². The standard InChI is InChI=1S/C14H11Br2FO/c15-12-5-1-3-10(7-12)8-18-9-11-4-2-6-13(17)14(11)16/h1-7H,8-9H2. The predicted octanol–water partition coefficient (Wildman–Crippen LogP) is 5.07. The fourth-order valence-corrected chi connectivity index (χ4v) is 2.39. The molecule has 4 heteroatoms. The van der Waals surface area contributed by atoms with E-state index in [1.165, 1.54) is 6.07 Å². The molecule has 0 saturated carbocycles. The van der Waals surface area contributed by atoms with Gasteiger partial charge in [-0.3, -0.25) is 0 Å². The van der Waals surface area contributed by atoms with Crippen molar-refractivity contribution in [1.82, 2.24) is 0 Å². The second-order valence-electron chi connectivity index (χ2n) is 3.84. The van der Waals surface area contributed by atoms with Crippen molar-refractivity contribution in [2.75, 3.05) is 0 Å². The van der Waals surface area contributed by atoms with Gasteiger partial charge in [-0.15, -0.1) is 0 Å². The third-order valence-corrected chi connectivity index (χ3v) is 3.83. The van der Waals surface area contributed by atoms with Gasteiger partial charge in [-0.1, -0.05) is 40.2 Å². The highest BCUT2D eigenvalue weighted by Gasteiger charge is 2.05. The van der Waals surface area contributed by atoms with Crippen molar-refractivity contribution in [1.29, 1.82) is 0 Å². The first-order chi connectivity index (χ1) is 8.66. The Morgan fingerprint density at radius 2 is 1.78 bits per heavy atom. The molecule has 0 heterocycles. The molecule has 0 fully saturated rings. The van der Waals surface area contributed by atoms with Gasteiger partial charge in [0.2, 0.25) is 0 Å². The number of hydrogen-bond donors (Lipinski definition) is 0. The summed E-state index contributed by atoms with van der Waals surface area (Å²) in [6.07, 6.45) is 0. The molecule has 0 aliphatic rings. The third-order valence-electron chi connectivity index (χ3n) is 2.45.